The van der Waals surface area contributed by atoms with E-state index >= 15 is 0 Å². The van der Waals surface area contributed by atoms with E-state index in [0.717, 1.165) is 23.4 Å². The summed E-state index contributed by atoms with van der Waals surface area (Å²) >= 11 is 6.21. The highest BCUT2D eigenvalue weighted by molar-refractivity contribution is 6.32. The van der Waals surface area contributed by atoms with Crippen molar-refractivity contribution in [2.45, 2.75) is 38.7 Å². The summed E-state index contributed by atoms with van der Waals surface area (Å²) < 4.78 is 0. The minimum absolute atomic E-state index is 0.355. The minimum atomic E-state index is -0.355. The van der Waals surface area contributed by atoms with Crippen LogP contribution in [0.2, 0.25) is 5.02 Å². The van der Waals surface area contributed by atoms with Gasteiger partial charge in [0.2, 0.25) is 0 Å². The predicted octanol–water partition coefficient (Wildman–Crippen LogP) is 4.05. The zero-order chi connectivity index (χ0) is 11.5. The molecule has 86 valence electrons. The normalized spacial score (nSPS) is 18.7. The van der Waals surface area contributed by atoms with Gasteiger partial charge in [-0.2, -0.15) is 0 Å². The molecule has 0 saturated heterocycles. The second-order valence-electron chi connectivity index (χ2n) is 4.37. The highest BCUT2D eigenvalue weighted by Gasteiger charge is 2.18. The maximum atomic E-state index is 9.80. The monoisotopic (exact) mass is 236 g/mol. The van der Waals surface area contributed by atoms with Gasteiger partial charge in [0.15, 0.2) is 0 Å². The number of aliphatic hydroxyl groups excluding tert-OH is 1. The third-order valence-corrected chi connectivity index (χ3v) is 3.54. The third-order valence-electron chi connectivity index (χ3n) is 3.21. The first-order valence-corrected chi connectivity index (χ1v) is 6.23. The van der Waals surface area contributed by atoms with Crippen molar-refractivity contribution in [2.24, 2.45) is 0 Å². The van der Waals surface area contributed by atoms with Gasteiger partial charge in [0.05, 0.1) is 6.10 Å². The van der Waals surface area contributed by atoms with Crippen LogP contribution in [-0.2, 0) is 0 Å². The van der Waals surface area contributed by atoms with E-state index in [9.17, 15) is 5.11 Å². The third kappa shape index (κ3) is 2.31. The summed E-state index contributed by atoms with van der Waals surface area (Å²) in [5, 5.41) is 10.6. The van der Waals surface area contributed by atoms with Crippen LogP contribution in [0.5, 0.6) is 0 Å². The standard InChI is InChI=1S/C14H17ClO/c1-10(16)11-6-2-3-7-12(11)13-8-4-5-9-14(13)15/h4-5,8-10,16H,2-3,6-7H2,1H3/t10-/m0/s1. The van der Waals surface area contributed by atoms with Gasteiger partial charge in [-0.05, 0) is 55.4 Å². The van der Waals surface area contributed by atoms with Crippen molar-refractivity contribution >= 4 is 17.2 Å². The van der Waals surface area contributed by atoms with Crippen LogP contribution < -0.4 is 0 Å². The fourth-order valence-corrected chi connectivity index (χ4v) is 2.65. The zero-order valence-electron chi connectivity index (χ0n) is 9.54. The maximum absolute atomic E-state index is 9.80. The zero-order valence-corrected chi connectivity index (χ0v) is 10.3. The molecule has 1 aliphatic carbocycles. The number of hydrogen-bond donors (Lipinski definition) is 1. The topological polar surface area (TPSA) is 20.2 Å². The van der Waals surface area contributed by atoms with Crippen LogP contribution in [-0.4, -0.2) is 11.2 Å². The molecule has 1 atom stereocenters. The average Bonchev–Trinajstić information content (AvgIpc) is 2.29. The summed E-state index contributed by atoms with van der Waals surface area (Å²) in [6, 6.07) is 7.91. The number of halogens is 1. The molecule has 0 amide bonds. The smallest absolute Gasteiger partial charge is 0.0727 e. The molecule has 0 aliphatic heterocycles. The molecule has 0 aromatic heterocycles. The molecule has 0 unspecified atom stereocenters. The van der Waals surface area contributed by atoms with Crippen molar-refractivity contribution < 1.29 is 5.11 Å². The molecule has 1 aromatic rings. The molecule has 0 spiro atoms. The van der Waals surface area contributed by atoms with Crippen molar-refractivity contribution in [3.63, 3.8) is 0 Å². The van der Waals surface area contributed by atoms with Gasteiger partial charge in [0.25, 0.3) is 0 Å². The van der Waals surface area contributed by atoms with Gasteiger partial charge in [-0.1, -0.05) is 29.8 Å². The Balaban J connectivity index is 2.48. The van der Waals surface area contributed by atoms with Crippen LogP contribution in [0.3, 0.4) is 0 Å². The van der Waals surface area contributed by atoms with Gasteiger partial charge >= 0.3 is 0 Å². The molecule has 1 aliphatic rings. The molecule has 0 fully saturated rings. The van der Waals surface area contributed by atoms with E-state index in [4.69, 9.17) is 11.6 Å². The summed E-state index contributed by atoms with van der Waals surface area (Å²) in [4.78, 5) is 0. The molecule has 2 heteroatoms. The minimum Gasteiger partial charge on any atom is -0.389 e. The second kappa shape index (κ2) is 5.03. The molecule has 1 nitrogen and oxygen atoms in total. The summed E-state index contributed by atoms with van der Waals surface area (Å²) in [6.45, 7) is 1.84. The Morgan fingerprint density at radius 2 is 1.88 bits per heavy atom. The van der Waals surface area contributed by atoms with Crippen LogP contribution in [0.1, 0.15) is 38.2 Å². The molecular formula is C14H17ClO. The first-order chi connectivity index (χ1) is 7.70. The van der Waals surface area contributed by atoms with Gasteiger partial charge in [0, 0.05) is 5.02 Å². The number of rotatable bonds is 2. The van der Waals surface area contributed by atoms with Gasteiger partial charge in [0.1, 0.15) is 0 Å². The summed E-state index contributed by atoms with van der Waals surface area (Å²) in [5.74, 6) is 0. The Morgan fingerprint density at radius 1 is 1.19 bits per heavy atom. The van der Waals surface area contributed by atoms with Crippen molar-refractivity contribution in [3.05, 3.63) is 40.4 Å². The molecule has 0 saturated carbocycles. The van der Waals surface area contributed by atoms with Crippen molar-refractivity contribution in [2.75, 3.05) is 0 Å². The Kier molecular flexibility index (Phi) is 3.67. The molecule has 1 N–H and O–H groups in total. The van der Waals surface area contributed by atoms with Crippen LogP contribution >= 0.6 is 11.6 Å². The molecular weight excluding hydrogens is 220 g/mol. The second-order valence-corrected chi connectivity index (χ2v) is 4.77. The molecule has 1 aromatic carbocycles. The Bertz CT molecular complexity index is 407. The van der Waals surface area contributed by atoms with Crippen molar-refractivity contribution in [1.29, 1.82) is 0 Å². The van der Waals surface area contributed by atoms with E-state index in [1.807, 2.05) is 31.2 Å². The number of benzene rings is 1. The SMILES string of the molecule is C[C@H](O)C1=C(c2ccccc2Cl)CCCC1. The molecule has 2 rings (SSSR count). The van der Waals surface area contributed by atoms with E-state index in [0.29, 0.717) is 0 Å². The van der Waals surface area contributed by atoms with Gasteiger partial charge in [-0.3, -0.25) is 0 Å². The number of hydrogen-bond acceptors (Lipinski definition) is 1. The lowest BCUT2D eigenvalue weighted by Gasteiger charge is -2.23. The van der Waals surface area contributed by atoms with Crippen LogP contribution in [0.4, 0.5) is 0 Å². The van der Waals surface area contributed by atoms with E-state index in [-0.39, 0.29) is 6.10 Å². The molecule has 16 heavy (non-hydrogen) atoms. The van der Waals surface area contributed by atoms with E-state index < -0.39 is 0 Å². The Hall–Kier alpha value is -0.790. The lowest BCUT2D eigenvalue weighted by molar-refractivity contribution is 0.225. The number of aliphatic hydroxyl groups is 1. The molecule has 0 heterocycles. The highest BCUT2D eigenvalue weighted by atomic mass is 35.5. The maximum Gasteiger partial charge on any atom is 0.0727 e. The Labute approximate surface area is 102 Å². The Morgan fingerprint density at radius 3 is 2.56 bits per heavy atom. The van der Waals surface area contributed by atoms with E-state index in [2.05, 4.69) is 0 Å². The quantitative estimate of drug-likeness (QED) is 0.822. The van der Waals surface area contributed by atoms with Crippen molar-refractivity contribution in [1.82, 2.24) is 0 Å². The first kappa shape index (κ1) is 11.7. The lowest BCUT2D eigenvalue weighted by atomic mass is 9.85. The van der Waals surface area contributed by atoms with E-state index in [1.54, 1.807) is 0 Å². The summed E-state index contributed by atoms with van der Waals surface area (Å²) in [6.07, 6.45) is 4.04. The van der Waals surface area contributed by atoms with E-state index in [1.165, 1.54) is 24.0 Å². The molecule has 0 radical (unpaired) electrons. The van der Waals surface area contributed by atoms with Gasteiger partial charge in [-0.15, -0.1) is 0 Å². The highest BCUT2D eigenvalue weighted by Crippen LogP contribution is 2.36. The van der Waals surface area contributed by atoms with Crippen molar-refractivity contribution in [3.8, 4) is 0 Å². The molecule has 0 bridgehead atoms. The van der Waals surface area contributed by atoms with Crippen LogP contribution in [0.15, 0.2) is 29.8 Å². The largest absolute Gasteiger partial charge is 0.389 e. The first-order valence-electron chi connectivity index (χ1n) is 5.85. The fourth-order valence-electron chi connectivity index (χ4n) is 2.40. The lowest BCUT2D eigenvalue weighted by Crippen LogP contribution is -2.11. The summed E-state index contributed by atoms with van der Waals surface area (Å²) in [5.41, 5.74) is 3.52. The number of allylic oxidation sites excluding steroid dienone is 1. The summed E-state index contributed by atoms with van der Waals surface area (Å²) in [7, 11) is 0. The van der Waals surface area contributed by atoms with Gasteiger partial charge in [-0.25, -0.2) is 0 Å². The predicted molar refractivity (Wildman–Crippen MR) is 68.5 cm³/mol. The van der Waals surface area contributed by atoms with Gasteiger partial charge < -0.3 is 5.11 Å². The van der Waals surface area contributed by atoms with Crippen LogP contribution in [0, 0.1) is 0 Å². The van der Waals surface area contributed by atoms with Crippen LogP contribution in [0.25, 0.3) is 5.57 Å². The average molecular weight is 237 g/mol. The fraction of sp³-hybridized carbons (Fsp3) is 0.429.